The van der Waals surface area contributed by atoms with Crippen molar-refractivity contribution < 1.29 is 30.3 Å². The van der Waals surface area contributed by atoms with Crippen LogP contribution in [-0.4, -0.2) is 68.9 Å². The summed E-state index contributed by atoms with van der Waals surface area (Å²) in [6.45, 7) is 9.95. The molecule has 7 heteroatoms. The fraction of sp³-hybridized carbons (Fsp3) is 0.914. The Morgan fingerprint density at radius 1 is 1.00 bits per heavy atom. The number of aliphatic hydroxyl groups excluding tert-OH is 5. The number of Topliss-reactive ketones (excluding diaryl/α,β-unsaturated/α-hetero) is 1. The predicted molar refractivity (Wildman–Crippen MR) is 168 cm³/mol. The summed E-state index contributed by atoms with van der Waals surface area (Å²) in [7, 11) is 0. The van der Waals surface area contributed by atoms with Gasteiger partial charge in [0.15, 0.2) is 5.78 Å². The van der Waals surface area contributed by atoms with Crippen molar-refractivity contribution in [2.24, 2.45) is 46.2 Å². The average Bonchev–Trinajstić information content (AvgIpc) is 3.35. The summed E-state index contributed by atoms with van der Waals surface area (Å²) >= 11 is 0. The Bertz CT molecular complexity index is 880. The van der Waals surface area contributed by atoms with Crippen LogP contribution in [0.3, 0.4) is 0 Å². The molecule has 0 heterocycles. The van der Waals surface area contributed by atoms with E-state index in [1.165, 1.54) is 70.6 Å². The van der Waals surface area contributed by atoms with Crippen LogP contribution >= 0.6 is 0 Å². The first-order chi connectivity index (χ1) is 20.0. The summed E-state index contributed by atoms with van der Waals surface area (Å²) in [5, 5.41) is 45.8. The second-order valence-corrected chi connectivity index (χ2v) is 14.7. The van der Waals surface area contributed by atoms with Gasteiger partial charge in [0.05, 0.1) is 6.61 Å². The summed E-state index contributed by atoms with van der Waals surface area (Å²) in [6.07, 6.45) is 14.1. The Morgan fingerprint density at radius 3 is 2.40 bits per heavy atom. The number of carbonyl (C=O) groups excluding carboxylic acids is 1. The molecule has 7 N–H and O–H groups in total. The molecule has 5 unspecified atom stereocenters. The van der Waals surface area contributed by atoms with Gasteiger partial charge < -0.3 is 31.3 Å². The third kappa shape index (κ3) is 7.69. The molecule has 0 aliphatic heterocycles. The van der Waals surface area contributed by atoms with Crippen molar-refractivity contribution >= 4 is 5.78 Å². The highest BCUT2D eigenvalue weighted by Crippen LogP contribution is 2.67. The molecule has 0 bridgehead atoms. The number of hydrogen-bond donors (Lipinski definition) is 6. The van der Waals surface area contributed by atoms with E-state index in [-0.39, 0.29) is 6.42 Å². The van der Waals surface area contributed by atoms with E-state index in [4.69, 9.17) is 15.9 Å². The van der Waals surface area contributed by atoms with Crippen LogP contribution in [0.2, 0.25) is 0 Å². The van der Waals surface area contributed by atoms with Gasteiger partial charge in [0.2, 0.25) is 0 Å². The molecule has 0 radical (unpaired) electrons. The zero-order valence-electron chi connectivity index (χ0n) is 27.0. The van der Waals surface area contributed by atoms with E-state index >= 15 is 0 Å². The molecule has 3 fully saturated rings. The standard InChI is InChI=1S/C24H41N.C11H22O6/c1-17(7-6-16-25)20-11-12-21-19-10-9-18-8-4-5-14-23(18,2)22(19)13-15-24(20,21)3;1-2-3-4-5-7(13)9(15)11(17)10(16)8(14)6-12/h9,17,19-22H,4-8,10-16,25H2,1-3H3;8-12,14-17H,2-6H2,1H3/t17?,19-,20+,21-,22-,23-,24+;/m0./s1. The topological polar surface area (TPSA) is 144 Å². The molecule has 11 atom stereocenters. The molecule has 42 heavy (non-hydrogen) atoms. The molecule has 0 saturated heterocycles. The van der Waals surface area contributed by atoms with E-state index < -0.39 is 36.8 Å². The summed E-state index contributed by atoms with van der Waals surface area (Å²) in [5.74, 6) is 4.22. The molecule has 4 aliphatic carbocycles. The van der Waals surface area contributed by atoms with Crippen LogP contribution in [0.25, 0.3) is 0 Å². The van der Waals surface area contributed by atoms with Crippen molar-refractivity contribution in [1.82, 2.24) is 0 Å². The highest BCUT2D eigenvalue weighted by Gasteiger charge is 2.58. The van der Waals surface area contributed by atoms with Gasteiger partial charge in [-0.05, 0) is 118 Å². The van der Waals surface area contributed by atoms with Gasteiger partial charge in [-0.25, -0.2) is 0 Å². The number of ketones is 1. The maximum Gasteiger partial charge on any atom is 0.164 e. The molecule has 0 spiro atoms. The normalized spacial score (nSPS) is 35.7. The first kappa shape index (κ1) is 35.6. The lowest BCUT2D eigenvalue weighted by Crippen LogP contribution is -2.50. The van der Waals surface area contributed by atoms with Crippen LogP contribution in [0.15, 0.2) is 11.6 Å². The number of aliphatic hydroxyl groups is 5. The molecule has 0 aromatic rings. The van der Waals surface area contributed by atoms with E-state index in [0.29, 0.717) is 17.3 Å². The fourth-order valence-corrected chi connectivity index (χ4v) is 9.72. The van der Waals surface area contributed by atoms with Crippen molar-refractivity contribution in [2.75, 3.05) is 13.2 Å². The zero-order chi connectivity index (χ0) is 31.1. The molecular weight excluding hydrogens is 530 g/mol. The lowest BCUT2D eigenvalue weighted by molar-refractivity contribution is -0.147. The lowest BCUT2D eigenvalue weighted by Gasteiger charge is -2.58. The van der Waals surface area contributed by atoms with Gasteiger partial charge in [-0.3, -0.25) is 4.79 Å². The lowest BCUT2D eigenvalue weighted by atomic mass is 9.47. The van der Waals surface area contributed by atoms with Gasteiger partial charge in [-0.15, -0.1) is 0 Å². The van der Waals surface area contributed by atoms with Crippen molar-refractivity contribution in [3.05, 3.63) is 11.6 Å². The van der Waals surface area contributed by atoms with Gasteiger partial charge in [-0.2, -0.15) is 0 Å². The molecule has 4 aliphatic rings. The van der Waals surface area contributed by atoms with Gasteiger partial charge in [0, 0.05) is 6.42 Å². The van der Waals surface area contributed by atoms with Crippen LogP contribution in [0.4, 0.5) is 0 Å². The third-order valence-corrected chi connectivity index (χ3v) is 12.3. The van der Waals surface area contributed by atoms with Crippen molar-refractivity contribution in [1.29, 1.82) is 0 Å². The van der Waals surface area contributed by atoms with Crippen LogP contribution in [0, 0.1) is 40.4 Å². The number of fused-ring (bicyclic) bond motifs is 5. The quantitative estimate of drug-likeness (QED) is 0.132. The minimum Gasteiger partial charge on any atom is -0.394 e. The summed E-state index contributed by atoms with van der Waals surface area (Å²) in [4.78, 5) is 11.4. The minimum atomic E-state index is -1.79. The molecule has 0 amide bonds. The van der Waals surface area contributed by atoms with Crippen LogP contribution in [0.5, 0.6) is 0 Å². The number of nitrogens with two attached hydrogens (primary N) is 1. The first-order valence-electron chi connectivity index (χ1n) is 17.2. The maximum absolute atomic E-state index is 11.4. The van der Waals surface area contributed by atoms with Crippen LogP contribution in [-0.2, 0) is 4.79 Å². The maximum atomic E-state index is 11.4. The summed E-state index contributed by atoms with van der Waals surface area (Å²) in [5.41, 5.74) is 8.83. The molecule has 0 aromatic carbocycles. The van der Waals surface area contributed by atoms with Gasteiger partial charge in [0.1, 0.15) is 24.4 Å². The summed E-state index contributed by atoms with van der Waals surface area (Å²) < 4.78 is 0. The van der Waals surface area contributed by atoms with Crippen molar-refractivity contribution in [3.8, 4) is 0 Å². The monoisotopic (exact) mass is 593 g/mol. The average molecular weight is 594 g/mol. The fourth-order valence-electron chi connectivity index (χ4n) is 9.72. The Hall–Kier alpha value is -0.830. The van der Waals surface area contributed by atoms with E-state index in [1.54, 1.807) is 0 Å². The molecule has 0 aromatic heterocycles. The molecular formula is C35H63NO6. The number of rotatable bonds is 13. The van der Waals surface area contributed by atoms with Crippen LogP contribution < -0.4 is 5.73 Å². The Labute approximate surface area is 255 Å². The predicted octanol–water partition coefficient (Wildman–Crippen LogP) is 4.90. The van der Waals surface area contributed by atoms with Crippen LogP contribution in [0.1, 0.15) is 124 Å². The Kier molecular flexibility index (Phi) is 13.5. The largest absolute Gasteiger partial charge is 0.394 e. The number of carbonyl (C=O) groups is 1. The first-order valence-corrected chi connectivity index (χ1v) is 17.2. The number of unbranched alkanes of at least 4 members (excludes halogenated alkanes) is 2. The Balaban J connectivity index is 0.000000252. The van der Waals surface area contributed by atoms with E-state index in [0.717, 1.165) is 49.0 Å². The minimum absolute atomic E-state index is 0.119. The molecule has 3 saturated carbocycles. The van der Waals surface area contributed by atoms with E-state index in [9.17, 15) is 20.1 Å². The number of hydrogen-bond acceptors (Lipinski definition) is 7. The molecule has 244 valence electrons. The Morgan fingerprint density at radius 2 is 1.74 bits per heavy atom. The van der Waals surface area contributed by atoms with Crippen molar-refractivity contribution in [3.63, 3.8) is 0 Å². The van der Waals surface area contributed by atoms with Gasteiger partial charge in [0.25, 0.3) is 0 Å². The third-order valence-electron chi connectivity index (χ3n) is 12.3. The highest BCUT2D eigenvalue weighted by atomic mass is 16.4. The zero-order valence-corrected chi connectivity index (χ0v) is 27.0. The number of allylic oxidation sites excluding steroid dienone is 2. The van der Waals surface area contributed by atoms with Gasteiger partial charge >= 0.3 is 0 Å². The highest BCUT2D eigenvalue weighted by molar-refractivity contribution is 5.83. The van der Waals surface area contributed by atoms with E-state index in [1.807, 2.05) is 12.5 Å². The smallest absolute Gasteiger partial charge is 0.164 e. The van der Waals surface area contributed by atoms with Crippen molar-refractivity contribution in [2.45, 2.75) is 148 Å². The second kappa shape index (κ2) is 15.9. The SMILES string of the molecule is CC(CCCN)[C@H]1CC[C@H]2[C@@H]3CC=C4CCCC[C@]4(C)[C@H]3CC[C@]12C.CCCCCC(=O)C(O)C(O)C(O)C(O)CO. The second-order valence-electron chi connectivity index (χ2n) is 14.7. The molecule has 7 nitrogen and oxygen atoms in total. The van der Waals surface area contributed by atoms with Gasteiger partial charge in [-0.1, -0.05) is 58.6 Å². The van der Waals surface area contributed by atoms with E-state index in [2.05, 4.69) is 26.8 Å². The summed E-state index contributed by atoms with van der Waals surface area (Å²) in [6, 6.07) is 0. The molecule has 4 rings (SSSR count).